The predicted octanol–water partition coefficient (Wildman–Crippen LogP) is 0.488. The van der Waals surface area contributed by atoms with Crippen molar-refractivity contribution < 1.29 is 4.79 Å². The molecular formula is C10H21N3O. The van der Waals surface area contributed by atoms with Gasteiger partial charge in [-0.05, 0) is 25.8 Å². The van der Waals surface area contributed by atoms with E-state index in [1.807, 2.05) is 7.05 Å². The average Bonchev–Trinajstić information content (AvgIpc) is 2.19. The van der Waals surface area contributed by atoms with Gasteiger partial charge in [-0.1, -0.05) is 19.3 Å². The van der Waals surface area contributed by atoms with E-state index in [4.69, 9.17) is 5.84 Å². The zero-order valence-corrected chi connectivity index (χ0v) is 8.96. The van der Waals surface area contributed by atoms with Gasteiger partial charge < -0.3 is 0 Å². The van der Waals surface area contributed by atoms with E-state index in [2.05, 4.69) is 10.3 Å². The topological polar surface area (TPSA) is 58.4 Å². The summed E-state index contributed by atoms with van der Waals surface area (Å²) in [6, 6.07) is 0. The molecular weight excluding hydrogens is 178 g/mol. The summed E-state index contributed by atoms with van der Waals surface area (Å²) in [6.45, 7) is 1.43. The number of amides is 1. The number of rotatable bonds is 4. The van der Waals surface area contributed by atoms with E-state index in [0.29, 0.717) is 6.54 Å². The Morgan fingerprint density at radius 2 is 2.07 bits per heavy atom. The summed E-state index contributed by atoms with van der Waals surface area (Å²) < 4.78 is 0. The number of hydrazine groups is 1. The normalized spacial score (nSPS) is 18.5. The first kappa shape index (κ1) is 11.5. The minimum Gasteiger partial charge on any atom is -0.297 e. The van der Waals surface area contributed by atoms with Gasteiger partial charge in [0.1, 0.15) is 0 Å². The third-order valence-electron chi connectivity index (χ3n) is 2.87. The van der Waals surface area contributed by atoms with Gasteiger partial charge >= 0.3 is 0 Å². The van der Waals surface area contributed by atoms with Crippen molar-refractivity contribution in [1.82, 2.24) is 10.3 Å². The second-order valence-corrected chi connectivity index (χ2v) is 4.27. The molecule has 0 aromatic carbocycles. The lowest BCUT2D eigenvalue weighted by molar-refractivity contribution is -0.122. The molecule has 0 heterocycles. The van der Waals surface area contributed by atoms with E-state index < -0.39 is 0 Å². The summed E-state index contributed by atoms with van der Waals surface area (Å²) in [5, 5.41) is 0. The van der Waals surface area contributed by atoms with Crippen molar-refractivity contribution in [2.75, 3.05) is 20.1 Å². The standard InChI is InChI=1S/C10H21N3O/c1-13(8-10(14)12-11)7-9-5-3-2-4-6-9/h9H,2-8,11H2,1H3,(H,12,14). The zero-order chi connectivity index (χ0) is 10.4. The SMILES string of the molecule is CN(CC(=O)NN)CC1CCCCC1. The molecule has 0 aromatic rings. The Balaban J connectivity index is 2.18. The minimum atomic E-state index is -0.108. The van der Waals surface area contributed by atoms with Crippen LogP contribution < -0.4 is 11.3 Å². The average molecular weight is 199 g/mol. The maximum Gasteiger partial charge on any atom is 0.248 e. The maximum absolute atomic E-state index is 11.0. The lowest BCUT2D eigenvalue weighted by Gasteiger charge is -2.26. The summed E-state index contributed by atoms with van der Waals surface area (Å²) in [6.07, 6.45) is 6.70. The summed E-state index contributed by atoms with van der Waals surface area (Å²) >= 11 is 0. The Labute approximate surface area is 85.8 Å². The minimum absolute atomic E-state index is 0.108. The molecule has 0 saturated heterocycles. The molecule has 1 rings (SSSR count). The quantitative estimate of drug-likeness (QED) is 0.393. The number of hydrogen-bond acceptors (Lipinski definition) is 3. The molecule has 14 heavy (non-hydrogen) atoms. The van der Waals surface area contributed by atoms with E-state index in [1.54, 1.807) is 0 Å². The molecule has 1 amide bonds. The lowest BCUT2D eigenvalue weighted by Crippen LogP contribution is -2.40. The lowest BCUT2D eigenvalue weighted by atomic mass is 9.89. The van der Waals surface area contributed by atoms with Crippen LogP contribution in [0.4, 0.5) is 0 Å². The highest BCUT2D eigenvalue weighted by atomic mass is 16.2. The smallest absolute Gasteiger partial charge is 0.248 e. The molecule has 0 radical (unpaired) electrons. The summed E-state index contributed by atoms with van der Waals surface area (Å²) in [7, 11) is 1.98. The molecule has 3 N–H and O–H groups in total. The Bertz CT molecular complexity index is 178. The van der Waals surface area contributed by atoms with Gasteiger partial charge in [0.2, 0.25) is 5.91 Å². The van der Waals surface area contributed by atoms with Crippen molar-refractivity contribution in [1.29, 1.82) is 0 Å². The first-order valence-corrected chi connectivity index (χ1v) is 5.40. The van der Waals surface area contributed by atoms with Crippen molar-refractivity contribution >= 4 is 5.91 Å². The van der Waals surface area contributed by atoms with Crippen LogP contribution in [-0.4, -0.2) is 30.9 Å². The Hall–Kier alpha value is -0.610. The Morgan fingerprint density at radius 1 is 1.43 bits per heavy atom. The van der Waals surface area contributed by atoms with Crippen LogP contribution >= 0.6 is 0 Å². The van der Waals surface area contributed by atoms with E-state index >= 15 is 0 Å². The number of likely N-dealkylation sites (N-methyl/N-ethyl adjacent to an activating group) is 1. The molecule has 82 valence electrons. The molecule has 4 heteroatoms. The van der Waals surface area contributed by atoms with E-state index in [-0.39, 0.29) is 5.91 Å². The van der Waals surface area contributed by atoms with Gasteiger partial charge in [0.15, 0.2) is 0 Å². The van der Waals surface area contributed by atoms with E-state index in [9.17, 15) is 4.79 Å². The highest BCUT2D eigenvalue weighted by molar-refractivity contribution is 5.77. The molecule has 0 aliphatic heterocycles. The summed E-state index contributed by atoms with van der Waals surface area (Å²) in [5.74, 6) is 5.70. The molecule has 0 spiro atoms. The van der Waals surface area contributed by atoms with Crippen molar-refractivity contribution in [2.45, 2.75) is 32.1 Å². The molecule has 1 aliphatic rings. The second-order valence-electron chi connectivity index (χ2n) is 4.27. The highest BCUT2D eigenvalue weighted by Gasteiger charge is 2.16. The van der Waals surface area contributed by atoms with Crippen molar-refractivity contribution in [3.63, 3.8) is 0 Å². The third-order valence-corrected chi connectivity index (χ3v) is 2.87. The van der Waals surface area contributed by atoms with Crippen molar-refractivity contribution in [3.8, 4) is 0 Å². The monoisotopic (exact) mass is 199 g/mol. The maximum atomic E-state index is 11.0. The number of nitrogens with two attached hydrogens (primary N) is 1. The largest absolute Gasteiger partial charge is 0.297 e. The fraction of sp³-hybridized carbons (Fsp3) is 0.900. The van der Waals surface area contributed by atoms with Crippen LogP contribution in [-0.2, 0) is 4.79 Å². The Morgan fingerprint density at radius 3 is 2.64 bits per heavy atom. The number of nitrogens with one attached hydrogen (secondary N) is 1. The predicted molar refractivity (Wildman–Crippen MR) is 56.4 cm³/mol. The number of hydrogen-bond donors (Lipinski definition) is 2. The van der Waals surface area contributed by atoms with Gasteiger partial charge in [-0.25, -0.2) is 5.84 Å². The molecule has 0 unspecified atom stereocenters. The third kappa shape index (κ3) is 4.07. The molecule has 4 nitrogen and oxygen atoms in total. The van der Waals surface area contributed by atoms with Crippen LogP contribution in [0.2, 0.25) is 0 Å². The molecule has 1 aliphatic carbocycles. The van der Waals surface area contributed by atoms with E-state index in [1.165, 1.54) is 32.1 Å². The van der Waals surface area contributed by atoms with Gasteiger partial charge in [0.05, 0.1) is 6.54 Å². The van der Waals surface area contributed by atoms with E-state index in [0.717, 1.165) is 12.5 Å². The number of carbonyl (C=O) groups excluding carboxylic acids is 1. The van der Waals surface area contributed by atoms with Gasteiger partial charge in [-0.3, -0.25) is 15.1 Å². The molecule has 0 atom stereocenters. The number of nitrogens with zero attached hydrogens (tertiary/aromatic N) is 1. The van der Waals surface area contributed by atoms with Crippen LogP contribution in [0.3, 0.4) is 0 Å². The molecule has 0 bridgehead atoms. The number of carbonyl (C=O) groups is 1. The van der Waals surface area contributed by atoms with Gasteiger partial charge in [0, 0.05) is 6.54 Å². The Kier molecular flexibility index (Phi) is 4.90. The van der Waals surface area contributed by atoms with Crippen LogP contribution in [0.5, 0.6) is 0 Å². The van der Waals surface area contributed by atoms with Gasteiger partial charge in [0.25, 0.3) is 0 Å². The molecule has 1 fully saturated rings. The first-order chi connectivity index (χ1) is 6.72. The second kappa shape index (κ2) is 5.98. The molecule has 1 saturated carbocycles. The van der Waals surface area contributed by atoms with Crippen molar-refractivity contribution in [2.24, 2.45) is 11.8 Å². The van der Waals surface area contributed by atoms with Crippen LogP contribution in [0, 0.1) is 5.92 Å². The summed E-state index contributed by atoms with van der Waals surface area (Å²) in [4.78, 5) is 13.0. The molecule has 0 aromatic heterocycles. The first-order valence-electron chi connectivity index (χ1n) is 5.40. The fourth-order valence-electron chi connectivity index (χ4n) is 2.17. The van der Waals surface area contributed by atoms with Crippen molar-refractivity contribution in [3.05, 3.63) is 0 Å². The van der Waals surface area contributed by atoms with Gasteiger partial charge in [-0.2, -0.15) is 0 Å². The van der Waals surface area contributed by atoms with Crippen LogP contribution in [0.25, 0.3) is 0 Å². The van der Waals surface area contributed by atoms with Gasteiger partial charge in [-0.15, -0.1) is 0 Å². The zero-order valence-electron chi connectivity index (χ0n) is 8.96. The highest BCUT2D eigenvalue weighted by Crippen LogP contribution is 2.23. The van der Waals surface area contributed by atoms with Crippen LogP contribution in [0.15, 0.2) is 0 Å². The van der Waals surface area contributed by atoms with Crippen LogP contribution in [0.1, 0.15) is 32.1 Å². The fourth-order valence-corrected chi connectivity index (χ4v) is 2.17. The summed E-state index contributed by atoms with van der Waals surface area (Å²) in [5.41, 5.74) is 2.15.